The van der Waals surface area contributed by atoms with Gasteiger partial charge in [-0.15, -0.1) is 0 Å². The average molecular weight is 405 g/mol. The monoisotopic (exact) mass is 404 g/mol. The Kier molecular flexibility index (Phi) is 6.29. The van der Waals surface area contributed by atoms with Gasteiger partial charge in [0.15, 0.2) is 11.0 Å². The molecule has 0 saturated carbocycles. The number of nitrogens with zero attached hydrogens (tertiary/aromatic N) is 2. The van der Waals surface area contributed by atoms with Gasteiger partial charge in [0.25, 0.3) is 0 Å². The van der Waals surface area contributed by atoms with E-state index in [1.54, 1.807) is 35.2 Å². The van der Waals surface area contributed by atoms with Gasteiger partial charge in [0, 0.05) is 28.4 Å². The molecule has 0 bridgehead atoms. The van der Waals surface area contributed by atoms with Gasteiger partial charge in [-0.3, -0.25) is 14.5 Å². The average Bonchev–Trinajstić information content (AvgIpc) is 2.65. The number of halogens is 2. The molecule has 4 nitrogen and oxygen atoms in total. The smallest absolute Gasteiger partial charge is 0.233 e. The van der Waals surface area contributed by atoms with Crippen LogP contribution in [0.3, 0.4) is 0 Å². The van der Waals surface area contributed by atoms with Crippen molar-refractivity contribution in [1.29, 1.82) is 0 Å². The molecular formula is C20H18ClFN2O2S. The maximum Gasteiger partial charge on any atom is 0.233 e. The Morgan fingerprint density at radius 1 is 1.22 bits per heavy atom. The molecule has 1 fully saturated rings. The Morgan fingerprint density at radius 3 is 2.63 bits per heavy atom. The zero-order valence-electron chi connectivity index (χ0n) is 14.7. The van der Waals surface area contributed by atoms with E-state index in [4.69, 9.17) is 11.6 Å². The molecule has 7 heteroatoms. The highest BCUT2D eigenvalue weighted by Gasteiger charge is 2.25. The molecule has 1 aliphatic heterocycles. The molecule has 0 aliphatic carbocycles. The number of ketones is 1. The molecule has 1 amide bonds. The number of hydrogen-bond donors (Lipinski definition) is 0. The zero-order valence-corrected chi connectivity index (χ0v) is 16.3. The third kappa shape index (κ3) is 4.76. The highest BCUT2D eigenvalue weighted by molar-refractivity contribution is 8.13. The number of carbonyl (C=O) groups is 2. The molecule has 0 unspecified atom stereocenters. The minimum absolute atomic E-state index is 0.0141. The van der Waals surface area contributed by atoms with Gasteiger partial charge in [-0.25, -0.2) is 9.38 Å². The first-order chi connectivity index (χ1) is 13.0. The van der Waals surface area contributed by atoms with E-state index in [0.29, 0.717) is 23.0 Å². The first-order valence-corrected chi connectivity index (χ1v) is 9.88. The van der Waals surface area contributed by atoms with E-state index in [9.17, 15) is 14.0 Å². The summed E-state index contributed by atoms with van der Waals surface area (Å²) in [4.78, 5) is 30.3. The standard InChI is InChI=1S/C20H18ClFN2O2S/c1-13(25)14-6-8-15(9-7-14)23-20-24(10-3-11-27-20)19(26)12-16-17(21)4-2-5-18(16)22/h2,4-9H,3,10-12H2,1H3. The quantitative estimate of drug-likeness (QED) is 0.682. The van der Waals surface area contributed by atoms with Crippen LogP contribution in [0.15, 0.2) is 47.5 Å². The SMILES string of the molecule is CC(=O)c1ccc(N=C2SCCCN2C(=O)Cc2c(F)cccc2Cl)cc1. The summed E-state index contributed by atoms with van der Waals surface area (Å²) in [5.41, 5.74) is 1.47. The van der Waals surface area contributed by atoms with Crippen LogP contribution in [0.25, 0.3) is 0 Å². The van der Waals surface area contributed by atoms with Crippen LogP contribution in [-0.2, 0) is 11.2 Å². The van der Waals surface area contributed by atoms with E-state index >= 15 is 0 Å². The van der Waals surface area contributed by atoms with E-state index in [0.717, 1.165) is 12.2 Å². The Hall–Kier alpha value is -2.18. The maximum absolute atomic E-state index is 14.0. The van der Waals surface area contributed by atoms with Crippen molar-refractivity contribution in [3.63, 3.8) is 0 Å². The highest BCUT2D eigenvalue weighted by atomic mass is 35.5. The summed E-state index contributed by atoms with van der Waals surface area (Å²) in [7, 11) is 0. The van der Waals surface area contributed by atoms with Gasteiger partial charge in [0.1, 0.15) is 5.82 Å². The molecule has 0 N–H and O–H groups in total. The zero-order chi connectivity index (χ0) is 19.4. The van der Waals surface area contributed by atoms with E-state index in [1.807, 2.05) is 0 Å². The maximum atomic E-state index is 14.0. The second kappa shape index (κ2) is 8.67. The number of aliphatic imine (C=N–C) groups is 1. The minimum atomic E-state index is -0.487. The van der Waals surface area contributed by atoms with Crippen LogP contribution < -0.4 is 0 Å². The topological polar surface area (TPSA) is 49.7 Å². The Morgan fingerprint density at radius 2 is 1.96 bits per heavy atom. The van der Waals surface area contributed by atoms with Crippen LogP contribution in [-0.4, -0.2) is 34.1 Å². The molecule has 140 valence electrons. The van der Waals surface area contributed by atoms with Gasteiger partial charge in [-0.2, -0.15) is 0 Å². The van der Waals surface area contributed by atoms with Gasteiger partial charge in [0.05, 0.1) is 12.1 Å². The van der Waals surface area contributed by atoms with Crippen molar-refractivity contribution >= 4 is 45.9 Å². The molecule has 0 spiro atoms. The highest BCUT2D eigenvalue weighted by Crippen LogP contribution is 2.25. The van der Waals surface area contributed by atoms with E-state index in [2.05, 4.69) is 4.99 Å². The largest absolute Gasteiger partial charge is 0.295 e. The summed E-state index contributed by atoms with van der Waals surface area (Å²) in [6.07, 6.45) is 0.720. The number of carbonyl (C=O) groups excluding carboxylic acids is 2. The van der Waals surface area contributed by atoms with Gasteiger partial charge in [-0.05, 0) is 49.7 Å². The van der Waals surface area contributed by atoms with Crippen molar-refractivity contribution in [3.05, 3.63) is 64.4 Å². The van der Waals surface area contributed by atoms with E-state index in [-0.39, 0.29) is 28.7 Å². The Balaban J connectivity index is 1.82. The third-order valence-corrected chi connectivity index (χ3v) is 5.59. The van der Waals surface area contributed by atoms with Crippen LogP contribution >= 0.6 is 23.4 Å². The Labute approximate surface area is 166 Å². The van der Waals surface area contributed by atoms with Gasteiger partial charge < -0.3 is 0 Å². The number of benzene rings is 2. The second-order valence-corrected chi connectivity index (χ2v) is 7.59. The molecular weight excluding hydrogens is 387 g/mol. The lowest BCUT2D eigenvalue weighted by atomic mass is 10.1. The molecule has 1 heterocycles. The van der Waals surface area contributed by atoms with Crippen LogP contribution in [0.4, 0.5) is 10.1 Å². The number of Topliss-reactive ketones (excluding diaryl/α,β-unsaturated/α-hetero) is 1. The van der Waals surface area contributed by atoms with Crippen molar-refractivity contribution in [2.45, 2.75) is 19.8 Å². The molecule has 0 atom stereocenters. The van der Waals surface area contributed by atoms with Gasteiger partial charge in [-0.1, -0.05) is 29.4 Å². The molecule has 2 aromatic rings. The summed E-state index contributed by atoms with van der Waals surface area (Å²) in [5.74, 6) is 0.112. The first-order valence-electron chi connectivity index (χ1n) is 8.51. The molecule has 0 aromatic heterocycles. The predicted octanol–water partition coefficient (Wildman–Crippen LogP) is 4.88. The number of hydrogen-bond acceptors (Lipinski definition) is 4. The summed E-state index contributed by atoms with van der Waals surface area (Å²) >= 11 is 7.53. The van der Waals surface area contributed by atoms with Crippen molar-refractivity contribution in [3.8, 4) is 0 Å². The predicted molar refractivity (Wildman–Crippen MR) is 107 cm³/mol. The Bertz CT molecular complexity index is 879. The normalized spacial score (nSPS) is 15.8. The van der Waals surface area contributed by atoms with Crippen molar-refractivity contribution in [2.24, 2.45) is 4.99 Å². The summed E-state index contributed by atoms with van der Waals surface area (Å²) in [5, 5.41) is 0.820. The fraction of sp³-hybridized carbons (Fsp3) is 0.250. The lowest BCUT2D eigenvalue weighted by molar-refractivity contribution is -0.126. The number of amidine groups is 1. The molecule has 27 heavy (non-hydrogen) atoms. The van der Waals surface area contributed by atoms with Crippen LogP contribution in [0.2, 0.25) is 5.02 Å². The lowest BCUT2D eigenvalue weighted by Crippen LogP contribution is -2.40. The molecule has 1 saturated heterocycles. The molecule has 2 aromatic carbocycles. The van der Waals surface area contributed by atoms with E-state index in [1.165, 1.54) is 30.8 Å². The molecule has 0 radical (unpaired) electrons. The second-order valence-electron chi connectivity index (χ2n) is 6.12. The summed E-state index contributed by atoms with van der Waals surface area (Å²) in [6, 6.07) is 11.3. The molecule has 3 rings (SSSR count). The van der Waals surface area contributed by atoms with Crippen molar-refractivity contribution in [1.82, 2.24) is 4.90 Å². The van der Waals surface area contributed by atoms with Gasteiger partial charge in [0.2, 0.25) is 5.91 Å². The van der Waals surface area contributed by atoms with E-state index < -0.39 is 5.82 Å². The van der Waals surface area contributed by atoms with Crippen LogP contribution in [0.1, 0.15) is 29.3 Å². The number of amides is 1. The first kappa shape index (κ1) is 19.6. The fourth-order valence-electron chi connectivity index (χ4n) is 2.71. The van der Waals surface area contributed by atoms with Crippen molar-refractivity contribution in [2.75, 3.05) is 12.3 Å². The summed E-state index contributed by atoms with van der Waals surface area (Å²) in [6.45, 7) is 2.04. The fourth-order valence-corrected chi connectivity index (χ4v) is 3.92. The minimum Gasteiger partial charge on any atom is -0.295 e. The number of rotatable bonds is 4. The summed E-state index contributed by atoms with van der Waals surface area (Å²) < 4.78 is 14.0. The molecule has 1 aliphatic rings. The number of thioether (sulfide) groups is 1. The third-order valence-electron chi connectivity index (χ3n) is 4.18. The van der Waals surface area contributed by atoms with Crippen LogP contribution in [0, 0.1) is 5.82 Å². The van der Waals surface area contributed by atoms with Gasteiger partial charge >= 0.3 is 0 Å². The van der Waals surface area contributed by atoms with Crippen molar-refractivity contribution < 1.29 is 14.0 Å². The lowest BCUT2D eigenvalue weighted by Gasteiger charge is -2.28. The van der Waals surface area contributed by atoms with Crippen LogP contribution in [0.5, 0.6) is 0 Å².